The van der Waals surface area contributed by atoms with Gasteiger partial charge in [0.15, 0.2) is 9.84 Å². The van der Waals surface area contributed by atoms with Gasteiger partial charge in [0.2, 0.25) is 0 Å². The molecule has 0 saturated carbocycles. The average Bonchev–Trinajstić information content (AvgIpc) is 2.42. The van der Waals surface area contributed by atoms with Crippen LogP contribution >= 0.6 is 0 Å². The molecule has 0 atom stereocenters. The summed E-state index contributed by atoms with van der Waals surface area (Å²) >= 11 is 0. The van der Waals surface area contributed by atoms with Crippen LogP contribution in [0, 0.1) is 0 Å². The van der Waals surface area contributed by atoms with E-state index in [2.05, 4.69) is 0 Å². The zero-order valence-electron chi connectivity index (χ0n) is 11.8. The lowest BCUT2D eigenvalue weighted by molar-refractivity contribution is 0.575. The highest BCUT2D eigenvalue weighted by Crippen LogP contribution is 2.05. The molecule has 6 nitrogen and oxygen atoms in total. The first kappa shape index (κ1) is 15.2. The number of sulfone groups is 1. The van der Waals surface area contributed by atoms with Gasteiger partial charge in [0.05, 0.1) is 5.69 Å². The molecule has 7 heteroatoms. The van der Waals surface area contributed by atoms with Crippen LogP contribution in [0.5, 0.6) is 0 Å². The molecule has 2 aromatic rings. The maximum absolute atomic E-state index is 12.4. The zero-order valence-corrected chi connectivity index (χ0v) is 12.6. The van der Waals surface area contributed by atoms with Crippen molar-refractivity contribution in [3.8, 4) is 5.69 Å². The fourth-order valence-corrected chi connectivity index (χ4v) is 2.76. The highest BCUT2D eigenvalue weighted by atomic mass is 32.2. The molecule has 0 bridgehead atoms. The molecule has 0 spiro atoms. The summed E-state index contributed by atoms with van der Waals surface area (Å²) in [5.41, 5.74) is -1.01. The van der Waals surface area contributed by atoms with Gasteiger partial charge >= 0.3 is 5.69 Å². The molecule has 112 valence electrons. The Bertz CT molecular complexity index is 864. The first-order valence-corrected chi connectivity index (χ1v) is 8.37. The summed E-state index contributed by atoms with van der Waals surface area (Å²) in [5, 5.41) is 0. The maximum Gasteiger partial charge on any atom is 0.335 e. The molecule has 0 aliphatic carbocycles. The van der Waals surface area contributed by atoms with Gasteiger partial charge in [-0.2, -0.15) is 0 Å². The third-order valence-electron chi connectivity index (χ3n) is 3.00. The van der Waals surface area contributed by atoms with Crippen LogP contribution < -0.4 is 11.2 Å². The van der Waals surface area contributed by atoms with E-state index in [1.54, 1.807) is 30.3 Å². The van der Waals surface area contributed by atoms with Crippen LogP contribution in [-0.4, -0.2) is 23.8 Å². The van der Waals surface area contributed by atoms with E-state index >= 15 is 0 Å². The van der Waals surface area contributed by atoms with Crippen molar-refractivity contribution >= 4 is 9.84 Å². The second-order valence-electron chi connectivity index (χ2n) is 4.72. The van der Waals surface area contributed by atoms with Crippen molar-refractivity contribution in [1.82, 2.24) is 9.13 Å². The van der Waals surface area contributed by atoms with E-state index in [1.807, 2.05) is 6.92 Å². The van der Waals surface area contributed by atoms with Crippen LogP contribution in [0.1, 0.15) is 13.3 Å². The monoisotopic (exact) mass is 308 g/mol. The first-order chi connectivity index (χ1) is 9.86. The number of aryl methyl sites for hydroxylation is 1. The third-order valence-corrected chi connectivity index (χ3v) is 4.08. The van der Waals surface area contributed by atoms with Crippen molar-refractivity contribution in [1.29, 1.82) is 0 Å². The van der Waals surface area contributed by atoms with Crippen LogP contribution in [0.2, 0.25) is 0 Å². The van der Waals surface area contributed by atoms with Gasteiger partial charge in [-0.15, -0.1) is 0 Å². The lowest BCUT2D eigenvalue weighted by atomic mass is 10.3. The summed E-state index contributed by atoms with van der Waals surface area (Å²) in [6.45, 7) is 2.21. The molecule has 1 heterocycles. The second-order valence-corrected chi connectivity index (χ2v) is 6.70. The lowest BCUT2D eigenvalue weighted by Gasteiger charge is -2.11. The standard InChI is InChI=1S/C14H16N2O4S/c1-3-9-15-10-12(21(2,19)20)13(17)16(14(15)18)11-7-5-4-6-8-11/h4-8,10H,3,9H2,1-2H3. The predicted molar refractivity (Wildman–Crippen MR) is 79.7 cm³/mol. The van der Waals surface area contributed by atoms with Crippen molar-refractivity contribution in [3.63, 3.8) is 0 Å². The highest BCUT2D eigenvalue weighted by molar-refractivity contribution is 7.90. The van der Waals surface area contributed by atoms with E-state index in [1.165, 1.54) is 4.57 Å². The molecule has 2 rings (SSSR count). The van der Waals surface area contributed by atoms with E-state index in [9.17, 15) is 18.0 Å². The summed E-state index contributed by atoms with van der Waals surface area (Å²) in [6.07, 6.45) is 2.73. The van der Waals surface area contributed by atoms with Crippen molar-refractivity contribution < 1.29 is 8.42 Å². The zero-order chi connectivity index (χ0) is 15.6. The van der Waals surface area contributed by atoms with Gasteiger partial charge in [0.1, 0.15) is 4.90 Å². The van der Waals surface area contributed by atoms with Crippen LogP contribution in [0.15, 0.2) is 51.0 Å². The number of aromatic nitrogens is 2. The molecule has 0 aliphatic heterocycles. The summed E-state index contributed by atoms with van der Waals surface area (Å²) in [7, 11) is -3.71. The van der Waals surface area contributed by atoms with Gasteiger partial charge in [-0.25, -0.2) is 17.8 Å². The number of hydrogen-bond acceptors (Lipinski definition) is 4. The van der Waals surface area contributed by atoms with Crippen LogP contribution in [0.3, 0.4) is 0 Å². The lowest BCUT2D eigenvalue weighted by Crippen LogP contribution is -2.40. The topological polar surface area (TPSA) is 78.1 Å². The van der Waals surface area contributed by atoms with Gasteiger partial charge in [0, 0.05) is 19.0 Å². The molecule has 1 aromatic carbocycles. The normalized spacial score (nSPS) is 11.5. The predicted octanol–water partition coefficient (Wildman–Crippen LogP) is 0.813. The minimum absolute atomic E-state index is 0.342. The first-order valence-electron chi connectivity index (χ1n) is 6.48. The molecule has 21 heavy (non-hydrogen) atoms. The van der Waals surface area contributed by atoms with E-state index in [0.29, 0.717) is 18.7 Å². The smallest absolute Gasteiger partial charge is 0.299 e. The molecule has 0 aliphatic rings. The molecule has 0 fully saturated rings. The Morgan fingerprint density at radius 2 is 1.71 bits per heavy atom. The van der Waals surface area contributed by atoms with E-state index in [4.69, 9.17) is 0 Å². The molecular weight excluding hydrogens is 292 g/mol. The quantitative estimate of drug-likeness (QED) is 0.837. The SMILES string of the molecule is CCCn1cc(S(C)(=O)=O)c(=O)n(-c2ccccc2)c1=O. The number of para-hydroxylation sites is 1. The van der Waals surface area contributed by atoms with Gasteiger partial charge in [-0.3, -0.25) is 9.36 Å². The summed E-state index contributed by atoms with van der Waals surface area (Å²) in [4.78, 5) is 24.4. The summed E-state index contributed by atoms with van der Waals surface area (Å²) < 4.78 is 25.7. The Labute approximate surface area is 122 Å². The Morgan fingerprint density at radius 1 is 1.10 bits per heavy atom. The van der Waals surface area contributed by atoms with E-state index in [-0.39, 0.29) is 4.90 Å². The molecule has 0 amide bonds. The average molecular weight is 308 g/mol. The van der Waals surface area contributed by atoms with E-state index in [0.717, 1.165) is 17.0 Å². The van der Waals surface area contributed by atoms with Crippen LogP contribution in [0.25, 0.3) is 5.69 Å². The fourth-order valence-electron chi connectivity index (χ4n) is 2.04. The third kappa shape index (κ3) is 2.97. The van der Waals surface area contributed by atoms with Crippen molar-refractivity contribution in [2.45, 2.75) is 24.8 Å². The summed E-state index contributed by atoms with van der Waals surface area (Å²) in [6, 6.07) is 8.28. The van der Waals surface area contributed by atoms with Crippen LogP contribution in [0.4, 0.5) is 0 Å². The number of hydrogen-bond donors (Lipinski definition) is 0. The molecule has 0 saturated heterocycles. The molecular formula is C14H16N2O4S. The largest absolute Gasteiger partial charge is 0.335 e. The second kappa shape index (κ2) is 5.69. The molecule has 1 aromatic heterocycles. The number of benzene rings is 1. The van der Waals surface area contributed by atoms with Gasteiger partial charge in [-0.05, 0) is 18.6 Å². The minimum atomic E-state index is -3.71. The summed E-state index contributed by atoms with van der Waals surface area (Å²) in [5.74, 6) is 0. The Hall–Kier alpha value is -2.15. The highest BCUT2D eigenvalue weighted by Gasteiger charge is 2.19. The maximum atomic E-state index is 12.4. The van der Waals surface area contributed by atoms with Crippen molar-refractivity contribution in [2.24, 2.45) is 0 Å². The van der Waals surface area contributed by atoms with Crippen molar-refractivity contribution in [2.75, 3.05) is 6.26 Å². The fraction of sp³-hybridized carbons (Fsp3) is 0.286. The molecule has 0 unspecified atom stereocenters. The Morgan fingerprint density at radius 3 is 2.24 bits per heavy atom. The minimum Gasteiger partial charge on any atom is -0.299 e. The Balaban J connectivity index is 2.90. The molecule has 0 radical (unpaired) electrons. The van der Waals surface area contributed by atoms with Crippen molar-refractivity contribution in [3.05, 3.63) is 57.4 Å². The van der Waals surface area contributed by atoms with Gasteiger partial charge in [-0.1, -0.05) is 25.1 Å². The Kier molecular flexibility index (Phi) is 4.13. The van der Waals surface area contributed by atoms with Gasteiger partial charge in [0.25, 0.3) is 5.56 Å². The molecule has 0 N–H and O–H groups in total. The van der Waals surface area contributed by atoms with E-state index < -0.39 is 21.1 Å². The van der Waals surface area contributed by atoms with Crippen LogP contribution in [-0.2, 0) is 16.4 Å². The number of nitrogens with zero attached hydrogens (tertiary/aromatic N) is 2. The van der Waals surface area contributed by atoms with Gasteiger partial charge < -0.3 is 0 Å². The number of rotatable bonds is 4.